The predicted octanol–water partition coefficient (Wildman–Crippen LogP) is 0.492. The quantitative estimate of drug-likeness (QED) is 0.802. The summed E-state index contributed by atoms with van der Waals surface area (Å²) < 4.78 is 9.77. The summed E-state index contributed by atoms with van der Waals surface area (Å²) >= 11 is 0. The molecule has 0 amide bonds. The van der Waals surface area contributed by atoms with Crippen LogP contribution >= 0.6 is 0 Å². The van der Waals surface area contributed by atoms with Crippen LogP contribution in [0.1, 0.15) is 11.6 Å². The van der Waals surface area contributed by atoms with E-state index in [0.29, 0.717) is 0 Å². The van der Waals surface area contributed by atoms with Crippen LogP contribution in [0.4, 0.5) is 0 Å². The summed E-state index contributed by atoms with van der Waals surface area (Å²) in [6.07, 6.45) is 3.99. The van der Waals surface area contributed by atoms with Crippen LogP contribution in [0.2, 0.25) is 0 Å². The SMILES string of the molecule is Cc1nc(C)n(C[C@H]2CN(CCn3cccn3)CCO2)n1. The fourth-order valence-electron chi connectivity index (χ4n) is 2.70. The van der Waals surface area contributed by atoms with Crippen LogP contribution < -0.4 is 0 Å². The fraction of sp³-hybridized carbons (Fsp3) is 0.643. The van der Waals surface area contributed by atoms with Crippen molar-refractivity contribution < 1.29 is 4.74 Å². The Labute approximate surface area is 124 Å². The molecule has 1 fully saturated rings. The first kappa shape index (κ1) is 14.2. The molecule has 0 aromatic carbocycles. The average molecular weight is 290 g/mol. The Balaban J connectivity index is 1.52. The molecule has 0 unspecified atom stereocenters. The van der Waals surface area contributed by atoms with Gasteiger partial charge in [-0.05, 0) is 19.9 Å². The molecule has 1 saturated heterocycles. The first-order valence-corrected chi connectivity index (χ1v) is 7.40. The molecule has 0 spiro atoms. The molecule has 1 atom stereocenters. The zero-order valence-electron chi connectivity index (χ0n) is 12.6. The van der Waals surface area contributed by atoms with Crippen molar-refractivity contribution in [1.82, 2.24) is 29.4 Å². The second kappa shape index (κ2) is 6.36. The lowest BCUT2D eigenvalue weighted by Gasteiger charge is -2.32. The van der Waals surface area contributed by atoms with E-state index in [-0.39, 0.29) is 6.10 Å². The summed E-state index contributed by atoms with van der Waals surface area (Å²) in [5.74, 6) is 1.77. The third-order valence-corrected chi connectivity index (χ3v) is 3.77. The molecular formula is C14H22N6O. The molecule has 114 valence electrons. The van der Waals surface area contributed by atoms with Crippen LogP contribution in [0.25, 0.3) is 0 Å². The smallest absolute Gasteiger partial charge is 0.147 e. The number of nitrogens with zero attached hydrogens (tertiary/aromatic N) is 6. The van der Waals surface area contributed by atoms with Crippen LogP contribution in [0, 0.1) is 13.8 Å². The standard InChI is InChI=1S/C14H22N6O/c1-12-16-13(2)20(17-12)11-14-10-18(8-9-21-14)6-7-19-5-3-4-15-19/h3-5,14H,6-11H2,1-2H3/t14-/m1/s1. The van der Waals surface area contributed by atoms with Gasteiger partial charge in [0.05, 0.1) is 25.8 Å². The lowest BCUT2D eigenvalue weighted by molar-refractivity contribution is -0.0388. The maximum Gasteiger partial charge on any atom is 0.147 e. The molecule has 2 aromatic rings. The van der Waals surface area contributed by atoms with Crippen molar-refractivity contribution in [3.05, 3.63) is 30.1 Å². The number of aromatic nitrogens is 5. The largest absolute Gasteiger partial charge is 0.374 e. The first-order chi connectivity index (χ1) is 10.2. The highest BCUT2D eigenvalue weighted by Gasteiger charge is 2.21. The normalized spacial score (nSPS) is 20.0. The van der Waals surface area contributed by atoms with E-state index in [9.17, 15) is 0 Å². The Hall–Kier alpha value is -1.73. The molecule has 1 aliphatic heterocycles. The van der Waals surface area contributed by atoms with E-state index in [2.05, 4.69) is 20.1 Å². The maximum atomic E-state index is 5.86. The van der Waals surface area contributed by atoms with Gasteiger partial charge in [0, 0.05) is 32.0 Å². The summed E-state index contributed by atoms with van der Waals surface area (Å²) in [4.78, 5) is 6.76. The van der Waals surface area contributed by atoms with Crippen LogP contribution in [-0.2, 0) is 17.8 Å². The topological polar surface area (TPSA) is 61.0 Å². The molecule has 1 aliphatic rings. The van der Waals surface area contributed by atoms with Gasteiger partial charge >= 0.3 is 0 Å². The summed E-state index contributed by atoms with van der Waals surface area (Å²) in [6, 6.07) is 1.96. The molecule has 7 heteroatoms. The highest BCUT2D eigenvalue weighted by molar-refractivity contribution is 4.88. The van der Waals surface area contributed by atoms with E-state index in [1.165, 1.54) is 0 Å². The Morgan fingerprint density at radius 3 is 2.95 bits per heavy atom. The molecule has 7 nitrogen and oxygen atoms in total. The number of ether oxygens (including phenoxy) is 1. The summed E-state index contributed by atoms with van der Waals surface area (Å²) in [7, 11) is 0. The monoisotopic (exact) mass is 290 g/mol. The molecule has 3 heterocycles. The molecule has 21 heavy (non-hydrogen) atoms. The van der Waals surface area contributed by atoms with Crippen molar-refractivity contribution in [3.8, 4) is 0 Å². The van der Waals surface area contributed by atoms with Gasteiger partial charge in [0.25, 0.3) is 0 Å². The Kier molecular flexibility index (Phi) is 4.31. The van der Waals surface area contributed by atoms with Crippen molar-refractivity contribution in [2.75, 3.05) is 26.2 Å². The van der Waals surface area contributed by atoms with Gasteiger partial charge in [0.1, 0.15) is 11.6 Å². The van der Waals surface area contributed by atoms with Gasteiger partial charge in [-0.25, -0.2) is 9.67 Å². The lowest BCUT2D eigenvalue weighted by atomic mass is 10.2. The van der Waals surface area contributed by atoms with Gasteiger partial charge in [-0.3, -0.25) is 9.58 Å². The molecular weight excluding hydrogens is 268 g/mol. The second-order valence-electron chi connectivity index (χ2n) is 5.45. The summed E-state index contributed by atoms with van der Waals surface area (Å²) in [6.45, 7) is 9.27. The molecule has 0 saturated carbocycles. The van der Waals surface area contributed by atoms with Gasteiger partial charge in [-0.15, -0.1) is 0 Å². The van der Waals surface area contributed by atoms with Crippen molar-refractivity contribution in [3.63, 3.8) is 0 Å². The van der Waals surface area contributed by atoms with Crippen molar-refractivity contribution >= 4 is 0 Å². The van der Waals surface area contributed by atoms with Gasteiger partial charge in [-0.1, -0.05) is 0 Å². The van der Waals surface area contributed by atoms with E-state index in [4.69, 9.17) is 4.74 Å². The number of hydrogen-bond donors (Lipinski definition) is 0. The Morgan fingerprint density at radius 2 is 2.24 bits per heavy atom. The van der Waals surface area contributed by atoms with Gasteiger partial charge in [0.15, 0.2) is 0 Å². The van der Waals surface area contributed by atoms with Crippen molar-refractivity contribution in [2.24, 2.45) is 0 Å². The van der Waals surface area contributed by atoms with E-state index in [0.717, 1.165) is 51.0 Å². The second-order valence-corrected chi connectivity index (χ2v) is 5.45. The number of rotatable bonds is 5. The van der Waals surface area contributed by atoms with Crippen LogP contribution in [0.3, 0.4) is 0 Å². The number of aryl methyl sites for hydroxylation is 2. The van der Waals surface area contributed by atoms with E-state index in [1.54, 1.807) is 0 Å². The highest BCUT2D eigenvalue weighted by Crippen LogP contribution is 2.09. The fourth-order valence-corrected chi connectivity index (χ4v) is 2.70. The average Bonchev–Trinajstić information content (AvgIpc) is 3.07. The van der Waals surface area contributed by atoms with Gasteiger partial charge in [-0.2, -0.15) is 10.2 Å². The predicted molar refractivity (Wildman–Crippen MR) is 77.9 cm³/mol. The molecule has 0 bridgehead atoms. The Bertz CT molecular complexity index is 564. The highest BCUT2D eigenvalue weighted by atomic mass is 16.5. The number of morpholine rings is 1. The van der Waals surface area contributed by atoms with E-state index >= 15 is 0 Å². The minimum Gasteiger partial charge on any atom is -0.374 e. The Morgan fingerprint density at radius 1 is 1.33 bits per heavy atom. The third-order valence-electron chi connectivity index (χ3n) is 3.77. The van der Waals surface area contributed by atoms with E-state index < -0.39 is 0 Å². The van der Waals surface area contributed by atoms with Gasteiger partial charge in [0.2, 0.25) is 0 Å². The minimum atomic E-state index is 0.177. The van der Waals surface area contributed by atoms with Gasteiger partial charge < -0.3 is 4.74 Å². The zero-order chi connectivity index (χ0) is 14.7. The molecule has 2 aromatic heterocycles. The lowest BCUT2D eigenvalue weighted by Crippen LogP contribution is -2.45. The molecule has 0 N–H and O–H groups in total. The number of hydrogen-bond acceptors (Lipinski definition) is 5. The maximum absolute atomic E-state index is 5.86. The van der Waals surface area contributed by atoms with E-state index in [1.807, 2.05) is 41.7 Å². The first-order valence-electron chi connectivity index (χ1n) is 7.40. The third kappa shape index (κ3) is 3.68. The van der Waals surface area contributed by atoms with Crippen molar-refractivity contribution in [1.29, 1.82) is 0 Å². The zero-order valence-corrected chi connectivity index (χ0v) is 12.6. The van der Waals surface area contributed by atoms with Crippen LogP contribution in [-0.4, -0.2) is 61.8 Å². The minimum absolute atomic E-state index is 0.177. The molecule has 0 aliphatic carbocycles. The van der Waals surface area contributed by atoms with Crippen molar-refractivity contribution in [2.45, 2.75) is 33.0 Å². The van der Waals surface area contributed by atoms with Crippen LogP contribution in [0.5, 0.6) is 0 Å². The van der Waals surface area contributed by atoms with Crippen LogP contribution in [0.15, 0.2) is 18.5 Å². The molecule has 0 radical (unpaired) electrons. The molecule has 3 rings (SSSR count). The summed E-state index contributed by atoms with van der Waals surface area (Å²) in [5.41, 5.74) is 0. The summed E-state index contributed by atoms with van der Waals surface area (Å²) in [5, 5.41) is 8.65.